The van der Waals surface area contributed by atoms with Crippen molar-refractivity contribution < 1.29 is 4.79 Å². The number of nitrogens with one attached hydrogen (secondary N) is 1. The van der Waals surface area contributed by atoms with Crippen molar-refractivity contribution >= 4 is 5.78 Å². The second-order valence-electron chi connectivity index (χ2n) is 3.21. The van der Waals surface area contributed by atoms with E-state index in [1.165, 1.54) is 0 Å². The number of rotatable bonds is 8. The second-order valence-corrected chi connectivity index (χ2v) is 3.21. The monoisotopic (exact) mass is 186 g/mol. The van der Waals surface area contributed by atoms with E-state index in [1.54, 1.807) is 0 Å². The molecule has 0 heterocycles. The van der Waals surface area contributed by atoms with Gasteiger partial charge in [-0.05, 0) is 25.9 Å². The molecule has 0 saturated heterocycles. The Morgan fingerprint density at radius 1 is 1.38 bits per heavy atom. The van der Waals surface area contributed by atoms with Crippen LogP contribution in [-0.4, -0.2) is 24.9 Å². The molecule has 13 heavy (non-hydrogen) atoms. The topological polar surface area (TPSA) is 55.1 Å². The van der Waals surface area contributed by atoms with Crippen molar-refractivity contribution in [1.82, 2.24) is 5.32 Å². The number of likely N-dealkylation sites (N-methyl/N-ethyl adjacent to an activating group) is 1. The average Bonchev–Trinajstić information content (AvgIpc) is 2.16. The predicted molar refractivity (Wildman–Crippen MR) is 55.7 cm³/mol. The summed E-state index contributed by atoms with van der Waals surface area (Å²) in [6.45, 7) is 5.52. The highest BCUT2D eigenvalue weighted by Crippen LogP contribution is 2.03. The minimum Gasteiger partial charge on any atom is -0.330 e. The molecule has 3 nitrogen and oxygen atoms in total. The van der Waals surface area contributed by atoms with Crippen LogP contribution in [0.4, 0.5) is 0 Å². The highest BCUT2D eigenvalue weighted by molar-refractivity contribution is 5.83. The first-order valence-electron chi connectivity index (χ1n) is 5.22. The van der Waals surface area contributed by atoms with Crippen molar-refractivity contribution in [3.63, 3.8) is 0 Å². The number of Topliss-reactive ketones (excluding diaryl/α,β-unsaturated/α-hetero) is 1. The molecule has 0 amide bonds. The van der Waals surface area contributed by atoms with Crippen LogP contribution in [-0.2, 0) is 4.79 Å². The number of unbranched alkanes of at least 4 members (excludes halogenated alkanes) is 1. The standard InChI is InChI=1S/C10H22N2O/c1-3-10(13)9(12-4-2)7-5-6-8-11/h9,12H,3-8,11H2,1-2H3/t9-/m0/s1. The van der Waals surface area contributed by atoms with E-state index in [0.29, 0.717) is 12.2 Å². The van der Waals surface area contributed by atoms with E-state index in [9.17, 15) is 4.79 Å². The highest BCUT2D eigenvalue weighted by Gasteiger charge is 2.13. The second kappa shape index (κ2) is 8.20. The zero-order valence-corrected chi connectivity index (χ0v) is 8.81. The first-order chi connectivity index (χ1) is 6.26. The average molecular weight is 186 g/mol. The Balaban J connectivity index is 3.73. The summed E-state index contributed by atoms with van der Waals surface area (Å²) in [5.41, 5.74) is 5.39. The third kappa shape index (κ3) is 5.77. The molecule has 0 bridgehead atoms. The lowest BCUT2D eigenvalue weighted by Gasteiger charge is -2.15. The maximum absolute atomic E-state index is 11.4. The normalized spacial score (nSPS) is 12.8. The zero-order chi connectivity index (χ0) is 10.1. The molecule has 0 saturated carbocycles. The zero-order valence-electron chi connectivity index (χ0n) is 8.81. The van der Waals surface area contributed by atoms with Crippen molar-refractivity contribution in [3.05, 3.63) is 0 Å². The predicted octanol–water partition coefficient (Wildman–Crippen LogP) is 1.07. The molecule has 1 atom stereocenters. The lowest BCUT2D eigenvalue weighted by Crippen LogP contribution is -2.36. The number of hydrogen-bond acceptors (Lipinski definition) is 3. The number of hydrogen-bond donors (Lipinski definition) is 2. The minimum atomic E-state index is 0.0570. The Kier molecular flexibility index (Phi) is 7.94. The molecule has 0 aliphatic carbocycles. The number of nitrogens with two attached hydrogens (primary N) is 1. The summed E-state index contributed by atoms with van der Waals surface area (Å²) in [6, 6.07) is 0.0570. The van der Waals surface area contributed by atoms with Gasteiger partial charge in [0.2, 0.25) is 0 Å². The fraction of sp³-hybridized carbons (Fsp3) is 0.900. The number of carbonyl (C=O) groups is 1. The van der Waals surface area contributed by atoms with Crippen LogP contribution in [0.1, 0.15) is 39.5 Å². The third-order valence-electron chi connectivity index (χ3n) is 2.13. The summed E-state index contributed by atoms with van der Waals surface area (Å²) in [7, 11) is 0. The molecule has 0 aliphatic heterocycles. The van der Waals surface area contributed by atoms with E-state index in [0.717, 1.165) is 32.4 Å². The third-order valence-corrected chi connectivity index (χ3v) is 2.13. The molecule has 0 aromatic heterocycles. The van der Waals surface area contributed by atoms with Crippen LogP contribution in [0.5, 0.6) is 0 Å². The first-order valence-corrected chi connectivity index (χ1v) is 5.22. The van der Waals surface area contributed by atoms with Crippen LogP contribution >= 0.6 is 0 Å². The molecule has 0 spiro atoms. The van der Waals surface area contributed by atoms with E-state index >= 15 is 0 Å². The van der Waals surface area contributed by atoms with E-state index in [2.05, 4.69) is 5.32 Å². The Morgan fingerprint density at radius 2 is 2.08 bits per heavy atom. The molecule has 0 unspecified atom stereocenters. The van der Waals surface area contributed by atoms with Gasteiger partial charge in [0.05, 0.1) is 6.04 Å². The van der Waals surface area contributed by atoms with E-state index in [4.69, 9.17) is 5.73 Å². The van der Waals surface area contributed by atoms with Gasteiger partial charge in [-0.1, -0.05) is 20.3 Å². The van der Waals surface area contributed by atoms with E-state index < -0.39 is 0 Å². The van der Waals surface area contributed by atoms with Gasteiger partial charge in [0.25, 0.3) is 0 Å². The smallest absolute Gasteiger partial charge is 0.149 e. The maximum atomic E-state index is 11.4. The fourth-order valence-electron chi connectivity index (χ4n) is 1.36. The van der Waals surface area contributed by atoms with Gasteiger partial charge < -0.3 is 11.1 Å². The summed E-state index contributed by atoms with van der Waals surface area (Å²) >= 11 is 0. The number of carbonyl (C=O) groups excluding carboxylic acids is 1. The SMILES string of the molecule is CCN[C@@H](CCCCN)C(=O)CC. The van der Waals surface area contributed by atoms with Crippen LogP contribution in [0.2, 0.25) is 0 Å². The molecule has 0 rings (SSSR count). The highest BCUT2D eigenvalue weighted by atomic mass is 16.1. The van der Waals surface area contributed by atoms with Crippen LogP contribution in [0.3, 0.4) is 0 Å². The molecule has 0 aliphatic rings. The minimum absolute atomic E-state index is 0.0570. The van der Waals surface area contributed by atoms with Crippen LogP contribution in [0, 0.1) is 0 Å². The van der Waals surface area contributed by atoms with Crippen LogP contribution < -0.4 is 11.1 Å². The quantitative estimate of drug-likeness (QED) is 0.558. The van der Waals surface area contributed by atoms with Gasteiger partial charge in [-0.3, -0.25) is 4.79 Å². The summed E-state index contributed by atoms with van der Waals surface area (Å²) in [5.74, 6) is 0.318. The fourth-order valence-corrected chi connectivity index (χ4v) is 1.36. The lowest BCUT2D eigenvalue weighted by molar-refractivity contribution is -0.120. The van der Waals surface area contributed by atoms with Crippen molar-refractivity contribution in [3.8, 4) is 0 Å². The Bertz CT molecular complexity index is 137. The Hall–Kier alpha value is -0.410. The molecule has 78 valence electrons. The van der Waals surface area contributed by atoms with Gasteiger partial charge in [-0.15, -0.1) is 0 Å². The van der Waals surface area contributed by atoms with Gasteiger partial charge in [-0.2, -0.15) is 0 Å². The summed E-state index contributed by atoms with van der Waals surface area (Å²) < 4.78 is 0. The molecule has 3 N–H and O–H groups in total. The molecular weight excluding hydrogens is 164 g/mol. The Morgan fingerprint density at radius 3 is 2.54 bits per heavy atom. The van der Waals surface area contributed by atoms with Gasteiger partial charge in [-0.25, -0.2) is 0 Å². The van der Waals surface area contributed by atoms with Gasteiger partial charge >= 0.3 is 0 Å². The van der Waals surface area contributed by atoms with Crippen molar-refractivity contribution in [2.75, 3.05) is 13.1 Å². The van der Waals surface area contributed by atoms with Crippen molar-refractivity contribution in [2.45, 2.75) is 45.6 Å². The largest absolute Gasteiger partial charge is 0.330 e. The van der Waals surface area contributed by atoms with Crippen LogP contribution in [0.15, 0.2) is 0 Å². The molecule has 3 heteroatoms. The molecule has 0 aromatic rings. The van der Waals surface area contributed by atoms with Gasteiger partial charge in [0.15, 0.2) is 0 Å². The van der Waals surface area contributed by atoms with Gasteiger partial charge in [0.1, 0.15) is 5.78 Å². The first kappa shape index (κ1) is 12.6. The van der Waals surface area contributed by atoms with E-state index in [1.807, 2.05) is 13.8 Å². The summed E-state index contributed by atoms with van der Waals surface area (Å²) in [4.78, 5) is 11.4. The molecule has 0 fully saturated rings. The summed E-state index contributed by atoms with van der Waals surface area (Å²) in [6.07, 6.45) is 3.61. The van der Waals surface area contributed by atoms with Gasteiger partial charge in [0, 0.05) is 6.42 Å². The maximum Gasteiger partial charge on any atom is 0.149 e. The lowest BCUT2D eigenvalue weighted by atomic mass is 10.0. The van der Waals surface area contributed by atoms with E-state index in [-0.39, 0.29) is 6.04 Å². The summed E-state index contributed by atoms with van der Waals surface area (Å²) in [5, 5.41) is 3.20. The van der Waals surface area contributed by atoms with Crippen molar-refractivity contribution in [2.24, 2.45) is 5.73 Å². The molecule has 0 radical (unpaired) electrons. The Labute approximate surface area is 81.1 Å². The molecular formula is C10H22N2O. The molecule has 0 aromatic carbocycles. The number of ketones is 1. The van der Waals surface area contributed by atoms with Crippen molar-refractivity contribution in [1.29, 1.82) is 0 Å². The van der Waals surface area contributed by atoms with Crippen LogP contribution in [0.25, 0.3) is 0 Å².